The highest BCUT2D eigenvalue weighted by Gasteiger charge is 2.36. The molecule has 0 spiro atoms. The van der Waals surface area contributed by atoms with E-state index in [0.29, 0.717) is 19.7 Å². The van der Waals surface area contributed by atoms with Gasteiger partial charge in [-0.15, -0.1) is 0 Å². The van der Waals surface area contributed by atoms with Crippen molar-refractivity contribution < 1.29 is 14.3 Å². The fraction of sp³-hybridized carbons (Fsp3) is 0.579. The van der Waals surface area contributed by atoms with Crippen molar-refractivity contribution in [1.82, 2.24) is 10.2 Å². The van der Waals surface area contributed by atoms with E-state index in [9.17, 15) is 9.59 Å². The highest BCUT2D eigenvalue weighted by molar-refractivity contribution is 5.87. The fourth-order valence-corrected chi connectivity index (χ4v) is 3.81. The quantitative estimate of drug-likeness (QED) is 0.921. The second kappa shape index (κ2) is 7.79. The summed E-state index contributed by atoms with van der Waals surface area (Å²) in [5.41, 5.74) is 1.09. The second-order valence-electron chi connectivity index (χ2n) is 6.78. The number of rotatable bonds is 4. The molecule has 130 valence electrons. The van der Waals surface area contributed by atoms with Crippen LogP contribution in [0.5, 0.6) is 0 Å². The standard InChI is InChI=1S/C19H26N2O3/c1-14(22)20-18(16-9-5-6-10-16)19(23)21-11-12-24-17(13-21)15-7-3-2-4-8-15/h2-4,7-8,16-18H,5-6,9-13H2,1H3,(H,20,22). The summed E-state index contributed by atoms with van der Waals surface area (Å²) in [5, 5.41) is 2.90. The molecule has 1 saturated heterocycles. The summed E-state index contributed by atoms with van der Waals surface area (Å²) in [7, 11) is 0. The summed E-state index contributed by atoms with van der Waals surface area (Å²) in [6.45, 7) is 3.15. The van der Waals surface area contributed by atoms with E-state index in [1.54, 1.807) is 0 Å². The van der Waals surface area contributed by atoms with Gasteiger partial charge >= 0.3 is 0 Å². The smallest absolute Gasteiger partial charge is 0.245 e. The van der Waals surface area contributed by atoms with E-state index < -0.39 is 0 Å². The summed E-state index contributed by atoms with van der Waals surface area (Å²) in [5.74, 6) is 0.175. The number of nitrogens with one attached hydrogen (secondary N) is 1. The Labute approximate surface area is 143 Å². The highest BCUT2D eigenvalue weighted by Crippen LogP contribution is 2.30. The van der Waals surface area contributed by atoms with Crippen molar-refractivity contribution in [3.8, 4) is 0 Å². The van der Waals surface area contributed by atoms with Gasteiger partial charge in [-0.25, -0.2) is 0 Å². The SMILES string of the molecule is CC(=O)NC(C(=O)N1CCOC(c2ccccc2)C1)C1CCCC1. The number of morpholine rings is 1. The fourth-order valence-electron chi connectivity index (χ4n) is 3.81. The third kappa shape index (κ3) is 3.96. The summed E-state index contributed by atoms with van der Waals surface area (Å²) < 4.78 is 5.85. The number of benzene rings is 1. The molecular formula is C19H26N2O3. The van der Waals surface area contributed by atoms with Crippen LogP contribution >= 0.6 is 0 Å². The Balaban J connectivity index is 1.70. The Morgan fingerprint density at radius 1 is 1.21 bits per heavy atom. The normalized spacial score (nSPS) is 23.0. The third-order valence-electron chi connectivity index (χ3n) is 5.05. The predicted octanol–water partition coefficient (Wildman–Crippen LogP) is 2.28. The largest absolute Gasteiger partial charge is 0.370 e. The maximum absolute atomic E-state index is 13.1. The first-order chi connectivity index (χ1) is 11.6. The molecule has 1 heterocycles. The van der Waals surface area contributed by atoms with Crippen LogP contribution in [0.2, 0.25) is 0 Å². The van der Waals surface area contributed by atoms with E-state index >= 15 is 0 Å². The molecule has 2 atom stereocenters. The molecule has 2 fully saturated rings. The molecule has 2 unspecified atom stereocenters. The van der Waals surface area contributed by atoms with Crippen LogP contribution < -0.4 is 5.32 Å². The summed E-state index contributed by atoms with van der Waals surface area (Å²) in [4.78, 5) is 26.5. The van der Waals surface area contributed by atoms with E-state index in [1.807, 2.05) is 35.2 Å². The van der Waals surface area contributed by atoms with Crippen molar-refractivity contribution in [2.45, 2.75) is 44.8 Å². The van der Waals surface area contributed by atoms with Crippen LogP contribution in [0, 0.1) is 5.92 Å². The molecule has 1 aliphatic carbocycles. The lowest BCUT2D eigenvalue weighted by Crippen LogP contribution is -2.54. The van der Waals surface area contributed by atoms with Gasteiger partial charge in [-0.05, 0) is 24.3 Å². The van der Waals surface area contributed by atoms with Crippen molar-refractivity contribution in [2.24, 2.45) is 5.92 Å². The maximum Gasteiger partial charge on any atom is 0.245 e. The summed E-state index contributed by atoms with van der Waals surface area (Å²) in [6, 6.07) is 9.61. The number of hydrogen-bond acceptors (Lipinski definition) is 3. The monoisotopic (exact) mass is 330 g/mol. The number of carbonyl (C=O) groups is 2. The molecule has 24 heavy (non-hydrogen) atoms. The Kier molecular flexibility index (Phi) is 5.51. The molecule has 5 heteroatoms. The average molecular weight is 330 g/mol. The number of ether oxygens (including phenoxy) is 1. The van der Waals surface area contributed by atoms with Crippen LogP contribution in [-0.2, 0) is 14.3 Å². The summed E-state index contributed by atoms with van der Waals surface area (Å²) >= 11 is 0. The molecule has 0 radical (unpaired) electrons. The minimum absolute atomic E-state index is 0.0429. The lowest BCUT2D eigenvalue weighted by Gasteiger charge is -2.36. The zero-order valence-corrected chi connectivity index (χ0v) is 14.2. The minimum atomic E-state index is -0.389. The zero-order valence-electron chi connectivity index (χ0n) is 14.2. The molecule has 1 aliphatic heterocycles. The van der Waals surface area contributed by atoms with Gasteiger partial charge in [-0.3, -0.25) is 9.59 Å². The number of amides is 2. The number of nitrogens with zero attached hydrogens (tertiary/aromatic N) is 1. The first-order valence-corrected chi connectivity index (χ1v) is 8.87. The molecule has 5 nitrogen and oxygen atoms in total. The topological polar surface area (TPSA) is 58.6 Å². The van der Waals surface area contributed by atoms with E-state index in [-0.39, 0.29) is 29.9 Å². The van der Waals surface area contributed by atoms with Crippen molar-refractivity contribution in [2.75, 3.05) is 19.7 Å². The molecule has 2 amide bonds. The van der Waals surface area contributed by atoms with Crippen molar-refractivity contribution in [3.63, 3.8) is 0 Å². The van der Waals surface area contributed by atoms with Crippen molar-refractivity contribution >= 4 is 11.8 Å². The number of hydrogen-bond donors (Lipinski definition) is 1. The van der Waals surface area contributed by atoms with Gasteiger partial charge in [0.25, 0.3) is 0 Å². The van der Waals surface area contributed by atoms with E-state index in [0.717, 1.165) is 31.2 Å². The van der Waals surface area contributed by atoms with Crippen LogP contribution in [0.1, 0.15) is 44.3 Å². The van der Waals surface area contributed by atoms with Crippen LogP contribution in [-0.4, -0.2) is 42.5 Å². The van der Waals surface area contributed by atoms with Crippen LogP contribution in [0.3, 0.4) is 0 Å². The van der Waals surface area contributed by atoms with Crippen LogP contribution in [0.4, 0.5) is 0 Å². The average Bonchev–Trinajstić information content (AvgIpc) is 3.14. The van der Waals surface area contributed by atoms with Gasteiger partial charge < -0.3 is 15.0 Å². The Morgan fingerprint density at radius 3 is 2.58 bits per heavy atom. The van der Waals surface area contributed by atoms with Gasteiger partial charge in [0.2, 0.25) is 11.8 Å². The van der Waals surface area contributed by atoms with Gasteiger partial charge in [-0.1, -0.05) is 43.2 Å². The molecule has 1 aromatic rings. The van der Waals surface area contributed by atoms with Crippen molar-refractivity contribution in [3.05, 3.63) is 35.9 Å². The molecular weight excluding hydrogens is 304 g/mol. The van der Waals surface area contributed by atoms with E-state index in [1.165, 1.54) is 6.92 Å². The van der Waals surface area contributed by atoms with E-state index in [4.69, 9.17) is 4.74 Å². The minimum Gasteiger partial charge on any atom is -0.370 e. The molecule has 2 aliphatic rings. The van der Waals surface area contributed by atoms with Gasteiger partial charge in [0.1, 0.15) is 12.1 Å². The zero-order chi connectivity index (χ0) is 16.9. The van der Waals surface area contributed by atoms with Gasteiger partial charge in [-0.2, -0.15) is 0 Å². The van der Waals surface area contributed by atoms with Crippen molar-refractivity contribution in [1.29, 1.82) is 0 Å². The van der Waals surface area contributed by atoms with Crippen LogP contribution in [0.15, 0.2) is 30.3 Å². The number of carbonyl (C=O) groups excluding carboxylic acids is 2. The first kappa shape index (κ1) is 17.0. The maximum atomic E-state index is 13.1. The Bertz CT molecular complexity index is 569. The molecule has 1 aromatic carbocycles. The molecule has 1 saturated carbocycles. The second-order valence-corrected chi connectivity index (χ2v) is 6.78. The lowest BCUT2D eigenvalue weighted by molar-refractivity contribution is -0.144. The predicted molar refractivity (Wildman–Crippen MR) is 91.3 cm³/mol. The van der Waals surface area contributed by atoms with E-state index in [2.05, 4.69) is 5.32 Å². The van der Waals surface area contributed by atoms with Gasteiger partial charge in [0, 0.05) is 13.5 Å². The first-order valence-electron chi connectivity index (χ1n) is 8.87. The molecule has 0 bridgehead atoms. The Hall–Kier alpha value is -1.88. The molecule has 0 aromatic heterocycles. The highest BCUT2D eigenvalue weighted by atomic mass is 16.5. The molecule has 1 N–H and O–H groups in total. The Morgan fingerprint density at radius 2 is 1.92 bits per heavy atom. The third-order valence-corrected chi connectivity index (χ3v) is 5.05. The van der Waals surface area contributed by atoms with Gasteiger partial charge in [0.15, 0.2) is 0 Å². The van der Waals surface area contributed by atoms with Crippen LogP contribution in [0.25, 0.3) is 0 Å². The van der Waals surface area contributed by atoms with Gasteiger partial charge in [0.05, 0.1) is 13.2 Å². The summed E-state index contributed by atoms with van der Waals surface area (Å²) in [6.07, 6.45) is 4.23. The molecule has 3 rings (SSSR count). The lowest BCUT2D eigenvalue weighted by atomic mass is 9.96.